The van der Waals surface area contributed by atoms with E-state index in [0.29, 0.717) is 6.54 Å². The van der Waals surface area contributed by atoms with Crippen LogP contribution in [0.1, 0.15) is 24.6 Å². The number of nitrogens with zero attached hydrogens (tertiary/aromatic N) is 2. The molecular formula is C10H17N3O. The highest BCUT2D eigenvalue weighted by molar-refractivity contribution is 5.37. The topological polar surface area (TPSA) is 58.0 Å². The first-order valence-electron chi connectivity index (χ1n) is 4.86. The van der Waals surface area contributed by atoms with Gasteiger partial charge in [-0.05, 0) is 31.9 Å². The van der Waals surface area contributed by atoms with Gasteiger partial charge in [-0.25, -0.2) is 0 Å². The molecule has 0 saturated heterocycles. The molecule has 0 amide bonds. The summed E-state index contributed by atoms with van der Waals surface area (Å²) < 4.78 is 0. The van der Waals surface area contributed by atoms with Crippen LogP contribution in [-0.2, 0) is 0 Å². The zero-order valence-corrected chi connectivity index (χ0v) is 8.91. The van der Waals surface area contributed by atoms with Crippen molar-refractivity contribution in [1.82, 2.24) is 10.2 Å². The molecule has 1 aromatic heterocycles. The Hall–Kier alpha value is -1.16. The van der Waals surface area contributed by atoms with Crippen LogP contribution in [0.4, 0.5) is 5.82 Å². The summed E-state index contributed by atoms with van der Waals surface area (Å²) in [7, 11) is 0. The molecule has 0 aliphatic heterocycles. The highest BCUT2D eigenvalue weighted by atomic mass is 16.3. The third kappa shape index (κ3) is 2.96. The van der Waals surface area contributed by atoms with Crippen LogP contribution < -0.4 is 5.32 Å². The average molecular weight is 195 g/mol. The van der Waals surface area contributed by atoms with Crippen LogP contribution in [0.2, 0.25) is 0 Å². The Morgan fingerprint density at radius 2 is 2.14 bits per heavy atom. The Kier molecular flexibility index (Phi) is 3.83. The van der Waals surface area contributed by atoms with Crippen LogP contribution >= 0.6 is 0 Å². The lowest BCUT2D eigenvalue weighted by atomic mass is 10.2. The largest absolute Gasteiger partial charge is 0.391 e. The van der Waals surface area contributed by atoms with E-state index in [0.717, 1.165) is 23.5 Å². The van der Waals surface area contributed by atoms with Crippen LogP contribution in [0, 0.1) is 13.8 Å². The Balaban J connectivity index is 2.55. The molecule has 0 unspecified atom stereocenters. The molecular weight excluding hydrogens is 178 g/mol. The van der Waals surface area contributed by atoms with Crippen molar-refractivity contribution in [2.24, 2.45) is 0 Å². The van der Waals surface area contributed by atoms with E-state index >= 15 is 0 Å². The summed E-state index contributed by atoms with van der Waals surface area (Å²) >= 11 is 0. The maximum atomic E-state index is 9.33. The molecule has 14 heavy (non-hydrogen) atoms. The Morgan fingerprint density at radius 3 is 2.71 bits per heavy atom. The van der Waals surface area contributed by atoms with Crippen molar-refractivity contribution in [2.75, 3.05) is 11.9 Å². The van der Waals surface area contributed by atoms with E-state index in [2.05, 4.69) is 15.5 Å². The summed E-state index contributed by atoms with van der Waals surface area (Å²) in [4.78, 5) is 0. The van der Waals surface area contributed by atoms with Crippen LogP contribution in [-0.4, -0.2) is 28.0 Å². The third-order valence-electron chi connectivity index (χ3n) is 2.22. The second kappa shape index (κ2) is 4.91. The lowest BCUT2D eigenvalue weighted by molar-refractivity contribution is 0.183. The van der Waals surface area contributed by atoms with Gasteiger partial charge >= 0.3 is 0 Å². The van der Waals surface area contributed by atoms with Gasteiger partial charge in [0.05, 0.1) is 11.8 Å². The van der Waals surface area contributed by atoms with E-state index in [1.807, 2.05) is 26.8 Å². The minimum atomic E-state index is -0.321. The lowest BCUT2D eigenvalue weighted by Gasteiger charge is -2.10. The molecule has 0 spiro atoms. The molecule has 0 aliphatic carbocycles. The summed E-state index contributed by atoms with van der Waals surface area (Å²) in [5.41, 5.74) is 2.04. The van der Waals surface area contributed by atoms with Crippen molar-refractivity contribution >= 4 is 5.82 Å². The SMILES string of the molecule is CC[C@H](O)CNc1cc(C)c(C)nn1. The predicted molar refractivity (Wildman–Crippen MR) is 56.3 cm³/mol. The number of aromatic nitrogens is 2. The van der Waals surface area contributed by atoms with E-state index in [1.165, 1.54) is 0 Å². The minimum Gasteiger partial charge on any atom is -0.391 e. The quantitative estimate of drug-likeness (QED) is 0.759. The van der Waals surface area contributed by atoms with Gasteiger partial charge in [-0.15, -0.1) is 5.10 Å². The standard InChI is InChI=1S/C10H17N3O/c1-4-9(14)6-11-10-5-7(2)8(3)12-13-10/h5,9,14H,4,6H2,1-3H3,(H,11,13)/t9-/m0/s1. The smallest absolute Gasteiger partial charge is 0.149 e. The maximum Gasteiger partial charge on any atom is 0.149 e. The van der Waals surface area contributed by atoms with Crippen LogP contribution in [0.25, 0.3) is 0 Å². The van der Waals surface area contributed by atoms with Crippen LogP contribution in [0.5, 0.6) is 0 Å². The van der Waals surface area contributed by atoms with Crippen LogP contribution in [0.15, 0.2) is 6.07 Å². The van der Waals surface area contributed by atoms with Gasteiger partial charge in [-0.1, -0.05) is 6.92 Å². The Bertz CT molecular complexity index is 301. The molecule has 0 saturated carbocycles. The zero-order chi connectivity index (χ0) is 10.6. The zero-order valence-electron chi connectivity index (χ0n) is 8.91. The Morgan fingerprint density at radius 1 is 1.43 bits per heavy atom. The van der Waals surface area contributed by atoms with Gasteiger partial charge in [0.1, 0.15) is 5.82 Å². The number of nitrogens with one attached hydrogen (secondary N) is 1. The maximum absolute atomic E-state index is 9.33. The van der Waals surface area contributed by atoms with Gasteiger partial charge in [0.15, 0.2) is 0 Å². The number of anilines is 1. The second-order valence-electron chi connectivity index (χ2n) is 3.44. The summed E-state index contributed by atoms with van der Waals surface area (Å²) in [6, 6.07) is 1.94. The minimum absolute atomic E-state index is 0.321. The first kappa shape index (κ1) is 10.9. The van der Waals surface area contributed by atoms with E-state index < -0.39 is 0 Å². The molecule has 0 aliphatic rings. The molecule has 0 radical (unpaired) electrons. The molecule has 4 heteroatoms. The highest BCUT2D eigenvalue weighted by Gasteiger charge is 2.02. The summed E-state index contributed by atoms with van der Waals surface area (Å²) in [6.45, 7) is 6.38. The van der Waals surface area contributed by atoms with E-state index in [1.54, 1.807) is 0 Å². The summed E-state index contributed by atoms with van der Waals surface area (Å²) in [5.74, 6) is 0.723. The fourth-order valence-corrected chi connectivity index (χ4v) is 0.999. The summed E-state index contributed by atoms with van der Waals surface area (Å²) in [6.07, 6.45) is 0.420. The molecule has 1 atom stereocenters. The number of aryl methyl sites for hydroxylation is 2. The number of rotatable bonds is 4. The van der Waals surface area contributed by atoms with Crippen molar-refractivity contribution < 1.29 is 5.11 Å². The molecule has 78 valence electrons. The molecule has 0 bridgehead atoms. The normalized spacial score (nSPS) is 12.6. The highest BCUT2D eigenvalue weighted by Crippen LogP contribution is 2.07. The molecule has 1 heterocycles. The van der Waals surface area contributed by atoms with Crippen LogP contribution in [0.3, 0.4) is 0 Å². The van der Waals surface area contributed by atoms with Crippen molar-refractivity contribution in [3.8, 4) is 0 Å². The fourth-order valence-electron chi connectivity index (χ4n) is 0.999. The number of hydrogen-bond acceptors (Lipinski definition) is 4. The van der Waals surface area contributed by atoms with Gasteiger partial charge < -0.3 is 10.4 Å². The molecule has 2 N–H and O–H groups in total. The van der Waals surface area contributed by atoms with Gasteiger partial charge in [0, 0.05) is 6.54 Å². The first-order chi connectivity index (χ1) is 6.63. The van der Waals surface area contributed by atoms with Crippen molar-refractivity contribution in [3.05, 3.63) is 17.3 Å². The molecule has 1 rings (SSSR count). The first-order valence-corrected chi connectivity index (χ1v) is 4.86. The molecule has 4 nitrogen and oxygen atoms in total. The van der Waals surface area contributed by atoms with E-state index in [-0.39, 0.29) is 6.10 Å². The lowest BCUT2D eigenvalue weighted by Crippen LogP contribution is -2.19. The number of aliphatic hydroxyl groups is 1. The second-order valence-corrected chi connectivity index (χ2v) is 3.44. The predicted octanol–water partition coefficient (Wildman–Crippen LogP) is 1.28. The summed E-state index contributed by atoms with van der Waals surface area (Å²) in [5, 5.41) is 20.3. The fraction of sp³-hybridized carbons (Fsp3) is 0.600. The van der Waals surface area contributed by atoms with Gasteiger partial charge in [0.25, 0.3) is 0 Å². The molecule has 1 aromatic rings. The number of hydrogen-bond donors (Lipinski definition) is 2. The molecule has 0 aromatic carbocycles. The number of aliphatic hydroxyl groups excluding tert-OH is 1. The van der Waals surface area contributed by atoms with Crippen molar-refractivity contribution in [1.29, 1.82) is 0 Å². The van der Waals surface area contributed by atoms with Gasteiger partial charge in [0.2, 0.25) is 0 Å². The monoisotopic (exact) mass is 195 g/mol. The van der Waals surface area contributed by atoms with Gasteiger partial charge in [-0.3, -0.25) is 0 Å². The van der Waals surface area contributed by atoms with Gasteiger partial charge in [-0.2, -0.15) is 5.10 Å². The van der Waals surface area contributed by atoms with Crippen molar-refractivity contribution in [2.45, 2.75) is 33.3 Å². The average Bonchev–Trinajstić information content (AvgIpc) is 2.19. The Labute approximate surface area is 84.4 Å². The molecule has 0 fully saturated rings. The van der Waals surface area contributed by atoms with E-state index in [9.17, 15) is 5.11 Å². The van der Waals surface area contributed by atoms with E-state index in [4.69, 9.17) is 0 Å². The van der Waals surface area contributed by atoms with Crippen molar-refractivity contribution in [3.63, 3.8) is 0 Å². The third-order valence-corrected chi connectivity index (χ3v) is 2.22.